The number of aliphatic hydroxyl groups is 2. The van der Waals surface area contributed by atoms with Crippen LogP contribution in [0.5, 0.6) is 0 Å². The summed E-state index contributed by atoms with van der Waals surface area (Å²) in [5, 5.41) is 32.3. The Hall–Kier alpha value is -1.50. The van der Waals surface area contributed by atoms with E-state index in [1.807, 2.05) is 6.92 Å². The van der Waals surface area contributed by atoms with Gasteiger partial charge in [0.25, 0.3) is 5.69 Å². The number of benzene rings is 1. The lowest BCUT2D eigenvalue weighted by Gasteiger charge is -2.17. The minimum absolute atomic E-state index is 0.0141. The lowest BCUT2D eigenvalue weighted by molar-refractivity contribution is -0.384. The van der Waals surface area contributed by atoms with Crippen molar-refractivity contribution < 1.29 is 15.1 Å². The Labute approximate surface area is 112 Å². The molecule has 0 aliphatic rings. The summed E-state index contributed by atoms with van der Waals surface area (Å²) in [6.07, 6.45) is 0.864. The number of rotatable bonds is 8. The molecule has 1 rings (SSSR count). The van der Waals surface area contributed by atoms with Crippen LogP contribution in [0.2, 0.25) is 0 Å². The zero-order valence-corrected chi connectivity index (χ0v) is 11.0. The molecule has 0 fully saturated rings. The molecule has 0 aromatic heterocycles. The van der Waals surface area contributed by atoms with E-state index in [4.69, 9.17) is 5.11 Å². The highest BCUT2D eigenvalue weighted by Crippen LogP contribution is 2.17. The third kappa shape index (κ3) is 5.34. The number of hydrogen-bond acceptors (Lipinski definition) is 5. The van der Waals surface area contributed by atoms with Gasteiger partial charge in [-0.1, -0.05) is 0 Å². The molecule has 6 heteroatoms. The lowest BCUT2D eigenvalue weighted by atomic mass is 10.1. The van der Waals surface area contributed by atoms with Gasteiger partial charge in [-0.2, -0.15) is 0 Å². The van der Waals surface area contributed by atoms with Gasteiger partial charge in [0.15, 0.2) is 0 Å². The Morgan fingerprint density at radius 3 is 2.53 bits per heavy atom. The molecule has 0 amide bonds. The van der Waals surface area contributed by atoms with Gasteiger partial charge in [0.2, 0.25) is 0 Å². The summed E-state index contributed by atoms with van der Waals surface area (Å²) in [7, 11) is 0. The van der Waals surface area contributed by atoms with Crippen LogP contribution in [0, 0.1) is 10.1 Å². The summed E-state index contributed by atoms with van der Waals surface area (Å²) in [4.78, 5) is 10.0. The van der Waals surface area contributed by atoms with Gasteiger partial charge in [-0.05, 0) is 37.5 Å². The summed E-state index contributed by atoms with van der Waals surface area (Å²) in [6.45, 7) is 2.53. The zero-order chi connectivity index (χ0) is 14.3. The molecule has 0 aliphatic heterocycles. The molecule has 0 saturated carbocycles. The molecule has 2 unspecified atom stereocenters. The first-order chi connectivity index (χ1) is 9.04. The van der Waals surface area contributed by atoms with E-state index in [1.54, 1.807) is 12.1 Å². The monoisotopic (exact) mass is 268 g/mol. The molecule has 106 valence electrons. The summed E-state index contributed by atoms with van der Waals surface area (Å²) in [5.41, 5.74) is 0.660. The summed E-state index contributed by atoms with van der Waals surface area (Å²) < 4.78 is 0. The molecule has 0 spiro atoms. The molecule has 0 aliphatic carbocycles. The van der Waals surface area contributed by atoms with E-state index < -0.39 is 11.0 Å². The predicted octanol–water partition coefficient (Wildman–Crippen LogP) is 1.38. The summed E-state index contributed by atoms with van der Waals surface area (Å²) >= 11 is 0. The molecular weight excluding hydrogens is 248 g/mol. The zero-order valence-electron chi connectivity index (χ0n) is 11.0. The van der Waals surface area contributed by atoms with Crippen LogP contribution >= 0.6 is 0 Å². The number of aliphatic hydroxyl groups excluding tert-OH is 2. The van der Waals surface area contributed by atoms with Gasteiger partial charge in [0.05, 0.1) is 11.0 Å². The van der Waals surface area contributed by atoms with E-state index in [9.17, 15) is 15.2 Å². The first-order valence-electron chi connectivity index (χ1n) is 6.31. The van der Waals surface area contributed by atoms with Gasteiger partial charge in [-0.25, -0.2) is 0 Å². The normalized spacial score (nSPS) is 14.1. The Balaban J connectivity index is 2.44. The first-order valence-corrected chi connectivity index (χ1v) is 6.31. The Morgan fingerprint density at radius 1 is 1.37 bits per heavy atom. The van der Waals surface area contributed by atoms with Gasteiger partial charge in [0, 0.05) is 31.3 Å². The van der Waals surface area contributed by atoms with Crippen LogP contribution < -0.4 is 5.32 Å². The van der Waals surface area contributed by atoms with Gasteiger partial charge in [0.1, 0.15) is 0 Å². The van der Waals surface area contributed by atoms with Crippen molar-refractivity contribution in [2.75, 3.05) is 13.2 Å². The van der Waals surface area contributed by atoms with Gasteiger partial charge in [-0.3, -0.25) is 10.1 Å². The highest BCUT2D eigenvalue weighted by atomic mass is 16.6. The van der Waals surface area contributed by atoms with Crippen LogP contribution in [-0.2, 0) is 0 Å². The van der Waals surface area contributed by atoms with Crippen molar-refractivity contribution in [2.45, 2.75) is 31.9 Å². The van der Waals surface area contributed by atoms with E-state index in [2.05, 4.69) is 5.32 Å². The van der Waals surface area contributed by atoms with Crippen molar-refractivity contribution >= 4 is 5.69 Å². The van der Waals surface area contributed by atoms with Crippen molar-refractivity contribution in [2.24, 2.45) is 0 Å². The second kappa shape index (κ2) is 7.83. The average molecular weight is 268 g/mol. The van der Waals surface area contributed by atoms with Gasteiger partial charge >= 0.3 is 0 Å². The van der Waals surface area contributed by atoms with E-state index in [0.717, 1.165) is 12.8 Å². The van der Waals surface area contributed by atoms with Gasteiger partial charge < -0.3 is 15.5 Å². The maximum atomic E-state index is 10.5. The third-order valence-corrected chi connectivity index (χ3v) is 2.94. The summed E-state index contributed by atoms with van der Waals surface area (Å²) in [5.74, 6) is 0. The molecule has 0 radical (unpaired) electrons. The van der Waals surface area contributed by atoms with Crippen LogP contribution in [-0.4, -0.2) is 34.3 Å². The fourth-order valence-electron chi connectivity index (χ4n) is 1.75. The molecule has 0 heterocycles. The number of nitrogens with one attached hydrogen (secondary N) is 1. The fraction of sp³-hybridized carbons (Fsp3) is 0.538. The topological polar surface area (TPSA) is 95.6 Å². The molecular formula is C13H20N2O4. The molecule has 1 aromatic carbocycles. The van der Waals surface area contributed by atoms with Crippen LogP contribution in [0.3, 0.4) is 0 Å². The number of hydrogen-bond donors (Lipinski definition) is 3. The summed E-state index contributed by atoms with van der Waals surface area (Å²) in [6, 6.07) is 6.09. The third-order valence-electron chi connectivity index (χ3n) is 2.94. The number of nitro groups is 1. The van der Waals surface area contributed by atoms with E-state index in [0.29, 0.717) is 12.1 Å². The fourth-order valence-corrected chi connectivity index (χ4v) is 1.75. The highest BCUT2D eigenvalue weighted by Gasteiger charge is 2.11. The number of nitro benzene ring substituents is 1. The minimum Gasteiger partial charge on any atom is -0.396 e. The van der Waals surface area contributed by atoms with Crippen LogP contribution in [0.15, 0.2) is 24.3 Å². The number of non-ortho nitro benzene ring substituents is 1. The molecule has 6 nitrogen and oxygen atoms in total. The van der Waals surface area contributed by atoms with Crippen LogP contribution in [0.4, 0.5) is 5.69 Å². The lowest BCUT2D eigenvalue weighted by Crippen LogP contribution is -2.30. The Morgan fingerprint density at radius 2 is 2.00 bits per heavy atom. The van der Waals surface area contributed by atoms with Crippen LogP contribution in [0.25, 0.3) is 0 Å². The van der Waals surface area contributed by atoms with Crippen molar-refractivity contribution in [3.63, 3.8) is 0 Å². The van der Waals surface area contributed by atoms with E-state index in [1.165, 1.54) is 12.1 Å². The minimum atomic E-state index is -0.697. The van der Waals surface area contributed by atoms with Crippen molar-refractivity contribution in [3.05, 3.63) is 39.9 Å². The maximum absolute atomic E-state index is 10.5. The Bertz CT molecular complexity index is 394. The quantitative estimate of drug-likeness (QED) is 0.489. The molecule has 2 atom stereocenters. The molecule has 0 saturated heterocycles. The maximum Gasteiger partial charge on any atom is 0.269 e. The Kier molecular flexibility index (Phi) is 6.41. The molecule has 3 N–H and O–H groups in total. The molecule has 19 heavy (non-hydrogen) atoms. The second-order valence-electron chi connectivity index (χ2n) is 4.54. The second-order valence-corrected chi connectivity index (χ2v) is 4.54. The number of nitrogens with zero attached hydrogens (tertiary/aromatic N) is 1. The molecule has 0 bridgehead atoms. The van der Waals surface area contributed by atoms with Crippen molar-refractivity contribution in [1.82, 2.24) is 5.32 Å². The predicted molar refractivity (Wildman–Crippen MR) is 71.8 cm³/mol. The van der Waals surface area contributed by atoms with Crippen LogP contribution in [0.1, 0.15) is 31.4 Å². The average Bonchev–Trinajstić information content (AvgIpc) is 2.42. The van der Waals surface area contributed by atoms with Crippen molar-refractivity contribution in [3.8, 4) is 0 Å². The SMILES string of the molecule is CC(CCCO)NCC(O)c1ccc([N+](=O)[O-])cc1. The largest absolute Gasteiger partial charge is 0.396 e. The first kappa shape index (κ1) is 15.6. The standard InChI is InChI=1S/C13H20N2O4/c1-10(3-2-8-16)14-9-13(17)11-4-6-12(7-5-11)15(18)19/h4-7,10,13-14,16-17H,2-3,8-9H2,1H3. The van der Waals surface area contributed by atoms with Crippen molar-refractivity contribution in [1.29, 1.82) is 0 Å². The smallest absolute Gasteiger partial charge is 0.269 e. The molecule has 1 aromatic rings. The van der Waals surface area contributed by atoms with Gasteiger partial charge in [-0.15, -0.1) is 0 Å². The van der Waals surface area contributed by atoms with E-state index in [-0.39, 0.29) is 18.3 Å². The highest BCUT2D eigenvalue weighted by molar-refractivity contribution is 5.33. The van der Waals surface area contributed by atoms with E-state index >= 15 is 0 Å².